The van der Waals surface area contributed by atoms with Crippen molar-refractivity contribution in [3.63, 3.8) is 0 Å². The minimum atomic E-state index is -3.75. The van der Waals surface area contributed by atoms with Gasteiger partial charge in [0.2, 0.25) is 15.9 Å². The number of nitrogens with one attached hydrogen (secondary N) is 2. The predicted octanol–water partition coefficient (Wildman–Crippen LogP) is 4.32. The van der Waals surface area contributed by atoms with Crippen LogP contribution in [0.2, 0.25) is 0 Å². The fourth-order valence-corrected chi connectivity index (χ4v) is 6.13. The van der Waals surface area contributed by atoms with Crippen molar-refractivity contribution in [2.75, 3.05) is 18.5 Å². The molecule has 2 aromatic rings. The van der Waals surface area contributed by atoms with E-state index in [0.717, 1.165) is 5.56 Å². The number of halogens is 2. The topological polar surface area (TPSA) is 91.4 Å². The van der Waals surface area contributed by atoms with E-state index >= 15 is 0 Å². The van der Waals surface area contributed by atoms with Crippen molar-refractivity contribution in [1.82, 2.24) is 15.0 Å². The Labute approximate surface area is 209 Å². The van der Waals surface area contributed by atoms with E-state index in [9.17, 15) is 17.6 Å². The maximum Gasteiger partial charge on any atom is 0.242 e. The Morgan fingerprint density at radius 3 is 2.53 bits per heavy atom. The Hall–Kier alpha value is -2.30. The SMILES string of the molecule is C=CCN(C)c1ncc(S(=O)(=O)NC2CCC(C(=O)N[C@H](C)c3ccc(F)cc3)CC2)cc1Br. The highest BCUT2D eigenvalue weighted by molar-refractivity contribution is 9.10. The largest absolute Gasteiger partial charge is 0.355 e. The summed E-state index contributed by atoms with van der Waals surface area (Å²) in [6.45, 7) is 6.13. The van der Waals surface area contributed by atoms with E-state index in [1.165, 1.54) is 18.3 Å². The van der Waals surface area contributed by atoms with Gasteiger partial charge in [-0.2, -0.15) is 0 Å². The molecule has 1 aliphatic rings. The summed E-state index contributed by atoms with van der Waals surface area (Å²) in [5.74, 6) is 0.0621. The molecule has 1 aliphatic carbocycles. The van der Waals surface area contributed by atoms with Crippen molar-refractivity contribution in [3.8, 4) is 0 Å². The number of carbonyl (C=O) groups is 1. The number of pyridine rings is 1. The van der Waals surface area contributed by atoms with Crippen LogP contribution < -0.4 is 14.9 Å². The van der Waals surface area contributed by atoms with Gasteiger partial charge in [0.25, 0.3) is 0 Å². The lowest BCUT2D eigenvalue weighted by atomic mass is 9.85. The summed E-state index contributed by atoms with van der Waals surface area (Å²) in [5.41, 5.74) is 0.831. The normalized spacial score (nSPS) is 19.3. The summed E-state index contributed by atoms with van der Waals surface area (Å²) in [6, 6.07) is 7.12. The van der Waals surface area contributed by atoms with Gasteiger partial charge in [-0.3, -0.25) is 4.79 Å². The first kappa shape index (κ1) is 26.3. The van der Waals surface area contributed by atoms with Crippen LogP contribution in [0.15, 0.2) is 58.6 Å². The lowest BCUT2D eigenvalue weighted by Gasteiger charge is -2.29. The van der Waals surface area contributed by atoms with Crippen molar-refractivity contribution >= 4 is 37.7 Å². The van der Waals surface area contributed by atoms with Gasteiger partial charge >= 0.3 is 0 Å². The zero-order valence-electron chi connectivity index (χ0n) is 19.3. The first-order valence-corrected chi connectivity index (χ1v) is 13.4. The zero-order chi connectivity index (χ0) is 24.9. The molecule has 34 heavy (non-hydrogen) atoms. The number of hydrogen-bond donors (Lipinski definition) is 2. The van der Waals surface area contributed by atoms with Gasteiger partial charge in [0.05, 0.1) is 10.5 Å². The third kappa shape index (κ3) is 6.64. The highest BCUT2D eigenvalue weighted by Crippen LogP contribution is 2.29. The molecular weight excluding hydrogens is 523 g/mol. The maximum absolute atomic E-state index is 13.1. The summed E-state index contributed by atoms with van der Waals surface area (Å²) in [7, 11) is -1.90. The lowest BCUT2D eigenvalue weighted by Crippen LogP contribution is -2.41. The monoisotopic (exact) mass is 552 g/mol. The van der Waals surface area contributed by atoms with Crippen molar-refractivity contribution in [2.45, 2.75) is 49.6 Å². The fourth-order valence-electron chi connectivity index (χ4n) is 4.05. The molecule has 0 bridgehead atoms. The molecule has 1 amide bonds. The molecule has 3 rings (SSSR count). The number of likely N-dealkylation sites (N-methyl/N-ethyl adjacent to an activating group) is 1. The van der Waals surface area contributed by atoms with Crippen LogP contribution in [0.1, 0.15) is 44.2 Å². The maximum atomic E-state index is 13.1. The standard InChI is InChI=1S/C24H30BrFN4O3S/c1-4-13-30(3)23-22(25)14-21(15-27-23)34(32,33)29-20-11-7-18(8-12-20)24(31)28-16(2)17-5-9-19(26)10-6-17/h4-6,9-10,14-16,18,20,29H,1,7-8,11-13H2,2-3H3,(H,28,31)/t16-,18?,20?/m1/s1. The number of sulfonamides is 1. The van der Waals surface area contributed by atoms with E-state index in [-0.39, 0.29) is 34.6 Å². The van der Waals surface area contributed by atoms with E-state index in [1.54, 1.807) is 24.3 Å². The third-order valence-corrected chi connectivity index (χ3v) is 8.09. The molecule has 0 unspecified atom stereocenters. The minimum Gasteiger partial charge on any atom is -0.355 e. The molecule has 184 valence electrons. The highest BCUT2D eigenvalue weighted by Gasteiger charge is 2.30. The van der Waals surface area contributed by atoms with Gasteiger partial charge in [-0.25, -0.2) is 22.5 Å². The van der Waals surface area contributed by atoms with Crippen molar-refractivity contribution in [3.05, 3.63) is 65.0 Å². The average molecular weight is 553 g/mol. The molecule has 1 fully saturated rings. The van der Waals surface area contributed by atoms with Gasteiger partial charge in [-0.1, -0.05) is 18.2 Å². The van der Waals surface area contributed by atoms with Gasteiger partial charge in [-0.15, -0.1) is 6.58 Å². The highest BCUT2D eigenvalue weighted by atomic mass is 79.9. The second kappa shape index (κ2) is 11.4. The van der Waals surface area contributed by atoms with Gasteiger partial charge in [0.15, 0.2) is 0 Å². The average Bonchev–Trinajstić information content (AvgIpc) is 2.79. The molecule has 1 aromatic heterocycles. The summed E-state index contributed by atoms with van der Waals surface area (Å²) in [5, 5.41) is 2.98. The predicted molar refractivity (Wildman–Crippen MR) is 134 cm³/mol. The summed E-state index contributed by atoms with van der Waals surface area (Å²) >= 11 is 3.41. The van der Waals surface area contributed by atoms with Crippen molar-refractivity contribution in [2.24, 2.45) is 5.92 Å². The summed E-state index contributed by atoms with van der Waals surface area (Å²) in [4.78, 5) is 18.9. The lowest BCUT2D eigenvalue weighted by molar-refractivity contribution is -0.126. The van der Waals surface area contributed by atoms with Crippen LogP contribution in [0.4, 0.5) is 10.2 Å². The Balaban J connectivity index is 1.54. The number of benzene rings is 1. The van der Waals surface area contributed by atoms with Crippen molar-refractivity contribution in [1.29, 1.82) is 0 Å². The molecule has 1 heterocycles. The number of anilines is 1. The Kier molecular flexibility index (Phi) is 8.83. The van der Waals surface area contributed by atoms with E-state index in [0.29, 0.717) is 42.5 Å². The van der Waals surface area contributed by atoms with Gasteiger partial charge in [0.1, 0.15) is 16.5 Å². The quantitative estimate of drug-likeness (QED) is 0.452. The van der Waals surface area contributed by atoms with Crippen LogP contribution in [0.3, 0.4) is 0 Å². The fraction of sp³-hybridized carbons (Fsp3) is 0.417. The Morgan fingerprint density at radius 2 is 1.94 bits per heavy atom. The summed E-state index contributed by atoms with van der Waals surface area (Å²) < 4.78 is 42.2. The van der Waals surface area contributed by atoms with E-state index < -0.39 is 10.0 Å². The number of hydrogen-bond acceptors (Lipinski definition) is 5. The van der Waals surface area contributed by atoms with Crippen LogP contribution >= 0.6 is 15.9 Å². The van der Waals surface area contributed by atoms with Crippen LogP contribution in [0.5, 0.6) is 0 Å². The molecule has 1 atom stereocenters. The van der Waals surface area contributed by atoms with Gasteiger partial charge in [-0.05, 0) is 72.3 Å². The third-order valence-electron chi connectivity index (χ3n) is 6.02. The molecule has 1 saturated carbocycles. The van der Waals surface area contributed by atoms with E-state index in [2.05, 4.69) is 37.5 Å². The zero-order valence-corrected chi connectivity index (χ0v) is 21.7. The smallest absolute Gasteiger partial charge is 0.242 e. The molecule has 10 heteroatoms. The number of carbonyl (C=O) groups excluding carboxylic acids is 1. The molecule has 0 spiro atoms. The molecule has 1 aromatic carbocycles. The van der Waals surface area contributed by atoms with Crippen LogP contribution in [-0.4, -0.2) is 38.9 Å². The number of amides is 1. The molecule has 0 saturated heterocycles. The van der Waals surface area contributed by atoms with E-state index in [1.807, 2.05) is 18.9 Å². The molecule has 2 N–H and O–H groups in total. The summed E-state index contributed by atoms with van der Waals surface area (Å²) in [6.07, 6.45) is 5.39. The molecule has 0 radical (unpaired) electrons. The molecule has 0 aliphatic heterocycles. The van der Waals surface area contributed by atoms with E-state index in [4.69, 9.17) is 0 Å². The second-order valence-corrected chi connectivity index (χ2v) is 11.2. The Bertz CT molecular complexity index is 1120. The van der Waals surface area contributed by atoms with Gasteiger partial charge in [0, 0.05) is 31.7 Å². The molecular formula is C24H30BrFN4O3S. The first-order valence-electron chi connectivity index (χ1n) is 11.2. The van der Waals surface area contributed by atoms with Crippen LogP contribution in [0.25, 0.3) is 0 Å². The number of rotatable bonds is 9. The Morgan fingerprint density at radius 1 is 1.29 bits per heavy atom. The van der Waals surface area contributed by atoms with Crippen LogP contribution in [-0.2, 0) is 14.8 Å². The number of aromatic nitrogens is 1. The first-order chi connectivity index (χ1) is 16.1. The number of nitrogens with zero attached hydrogens (tertiary/aromatic N) is 2. The minimum absolute atomic E-state index is 0.0644. The van der Waals surface area contributed by atoms with Crippen LogP contribution in [0, 0.1) is 11.7 Å². The second-order valence-electron chi connectivity index (χ2n) is 8.60. The van der Waals surface area contributed by atoms with Gasteiger partial charge < -0.3 is 10.2 Å². The molecule has 7 nitrogen and oxygen atoms in total. The van der Waals surface area contributed by atoms with Crippen molar-refractivity contribution < 1.29 is 17.6 Å².